The van der Waals surface area contributed by atoms with E-state index in [-0.39, 0.29) is 0 Å². The first kappa shape index (κ1) is 19.5. The molecule has 4 rings (SSSR count). The van der Waals surface area contributed by atoms with Crippen LogP contribution in [0.15, 0.2) is 17.1 Å². The Balaban J connectivity index is 1.27. The van der Waals surface area contributed by atoms with Gasteiger partial charge < -0.3 is 4.74 Å². The van der Waals surface area contributed by atoms with Crippen LogP contribution in [-0.4, -0.2) is 18.0 Å². The SMILES string of the molecule is CC(C)(C)C1CCC2OC(C3CCC(C=CC4CCCCC4)CC3)=NC2C1. The monoisotopic (exact) mass is 371 g/mol. The standard InChI is InChI=1S/C25H41NO/c1-25(2,3)21-15-16-23-22(17-21)26-24(27-23)20-13-11-19(12-14-20)10-9-18-7-5-4-6-8-18/h9-10,18-23H,4-8,11-17H2,1-3H3. The topological polar surface area (TPSA) is 21.6 Å². The molecule has 3 atom stereocenters. The highest BCUT2D eigenvalue weighted by Crippen LogP contribution is 2.43. The van der Waals surface area contributed by atoms with Gasteiger partial charge in [0, 0.05) is 5.92 Å². The van der Waals surface area contributed by atoms with Gasteiger partial charge >= 0.3 is 0 Å². The van der Waals surface area contributed by atoms with Gasteiger partial charge in [0.15, 0.2) is 5.90 Å². The van der Waals surface area contributed by atoms with Crippen molar-refractivity contribution in [2.75, 3.05) is 0 Å². The average molecular weight is 372 g/mol. The lowest BCUT2D eigenvalue weighted by Crippen LogP contribution is -2.36. The van der Waals surface area contributed by atoms with Crippen LogP contribution in [0.25, 0.3) is 0 Å². The molecular formula is C25H41NO. The van der Waals surface area contributed by atoms with E-state index in [1.165, 1.54) is 77.0 Å². The lowest BCUT2D eigenvalue weighted by atomic mass is 9.70. The first-order chi connectivity index (χ1) is 13.0. The summed E-state index contributed by atoms with van der Waals surface area (Å²) in [4.78, 5) is 5.12. The molecule has 0 aromatic rings. The molecule has 27 heavy (non-hydrogen) atoms. The maximum absolute atomic E-state index is 6.39. The molecule has 0 saturated heterocycles. The minimum absolute atomic E-state index is 0.391. The Bertz CT molecular complexity index is 543. The molecule has 0 amide bonds. The van der Waals surface area contributed by atoms with Crippen molar-refractivity contribution in [1.82, 2.24) is 0 Å². The summed E-state index contributed by atoms with van der Waals surface area (Å²) in [7, 11) is 0. The Morgan fingerprint density at radius 2 is 1.48 bits per heavy atom. The van der Waals surface area contributed by atoms with Crippen LogP contribution in [-0.2, 0) is 4.74 Å². The Morgan fingerprint density at radius 3 is 2.15 bits per heavy atom. The summed E-state index contributed by atoms with van der Waals surface area (Å²) in [6.07, 6.45) is 21.7. The summed E-state index contributed by atoms with van der Waals surface area (Å²) in [6.45, 7) is 7.17. The number of rotatable bonds is 3. The minimum atomic E-state index is 0.391. The van der Waals surface area contributed by atoms with Gasteiger partial charge in [-0.2, -0.15) is 0 Å². The van der Waals surface area contributed by atoms with Crippen molar-refractivity contribution in [2.24, 2.45) is 34.1 Å². The molecule has 3 aliphatic carbocycles. The fraction of sp³-hybridized carbons (Fsp3) is 0.880. The minimum Gasteiger partial charge on any atom is -0.475 e. The van der Waals surface area contributed by atoms with Gasteiger partial charge in [0.1, 0.15) is 6.10 Å². The number of aliphatic imine (C=N–C) groups is 1. The molecule has 0 bridgehead atoms. The van der Waals surface area contributed by atoms with E-state index in [9.17, 15) is 0 Å². The highest BCUT2D eigenvalue weighted by Gasteiger charge is 2.42. The molecule has 0 aromatic carbocycles. The van der Waals surface area contributed by atoms with Gasteiger partial charge in [-0.05, 0) is 81.0 Å². The third-order valence-electron chi connectivity index (χ3n) is 7.97. The number of hydrogen-bond donors (Lipinski definition) is 0. The van der Waals surface area contributed by atoms with E-state index in [0.29, 0.717) is 23.5 Å². The van der Waals surface area contributed by atoms with Crippen molar-refractivity contribution >= 4 is 5.90 Å². The van der Waals surface area contributed by atoms with E-state index in [4.69, 9.17) is 9.73 Å². The zero-order valence-electron chi connectivity index (χ0n) is 18.0. The number of fused-ring (bicyclic) bond motifs is 1. The second kappa shape index (κ2) is 8.29. The molecule has 1 aliphatic heterocycles. The first-order valence-electron chi connectivity index (χ1n) is 11.9. The van der Waals surface area contributed by atoms with Crippen LogP contribution in [0, 0.1) is 29.1 Å². The van der Waals surface area contributed by atoms with Crippen molar-refractivity contribution < 1.29 is 4.74 Å². The highest BCUT2D eigenvalue weighted by atomic mass is 16.5. The quantitative estimate of drug-likeness (QED) is 0.492. The second-order valence-electron chi connectivity index (χ2n) is 11.0. The molecule has 0 N–H and O–H groups in total. The molecule has 4 aliphatic rings. The van der Waals surface area contributed by atoms with E-state index < -0.39 is 0 Å². The molecule has 3 unspecified atom stereocenters. The van der Waals surface area contributed by atoms with Crippen molar-refractivity contribution in [3.8, 4) is 0 Å². The van der Waals surface area contributed by atoms with Crippen LogP contribution >= 0.6 is 0 Å². The number of hydrogen-bond acceptors (Lipinski definition) is 2. The van der Waals surface area contributed by atoms with Gasteiger partial charge in [-0.25, -0.2) is 4.99 Å². The number of nitrogens with zero attached hydrogens (tertiary/aromatic N) is 1. The predicted molar refractivity (Wildman–Crippen MR) is 114 cm³/mol. The summed E-state index contributed by atoms with van der Waals surface area (Å²) < 4.78 is 6.39. The summed E-state index contributed by atoms with van der Waals surface area (Å²) in [6, 6.07) is 0.446. The van der Waals surface area contributed by atoms with Gasteiger partial charge in [-0.1, -0.05) is 52.2 Å². The number of ether oxygens (including phenoxy) is 1. The zero-order chi connectivity index (χ0) is 18.9. The third-order valence-corrected chi connectivity index (χ3v) is 7.97. The first-order valence-corrected chi connectivity index (χ1v) is 11.9. The van der Waals surface area contributed by atoms with Crippen LogP contribution < -0.4 is 0 Å². The smallest absolute Gasteiger partial charge is 0.187 e. The number of allylic oxidation sites excluding steroid dienone is 2. The lowest BCUT2D eigenvalue weighted by Gasteiger charge is -2.37. The fourth-order valence-electron chi connectivity index (χ4n) is 5.93. The van der Waals surface area contributed by atoms with Crippen molar-refractivity contribution in [3.05, 3.63) is 12.2 Å². The molecule has 3 fully saturated rings. The van der Waals surface area contributed by atoms with E-state index in [2.05, 4.69) is 32.9 Å². The summed E-state index contributed by atoms with van der Waals surface area (Å²) in [5.74, 6) is 4.21. The lowest BCUT2D eigenvalue weighted by molar-refractivity contribution is 0.0791. The molecule has 152 valence electrons. The van der Waals surface area contributed by atoms with E-state index in [1.807, 2.05) is 0 Å². The molecule has 1 heterocycles. The molecule has 0 radical (unpaired) electrons. The van der Waals surface area contributed by atoms with E-state index in [1.54, 1.807) is 0 Å². The van der Waals surface area contributed by atoms with Crippen molar-refractivity contribution in [1.29, 1.82) is 0 Å². The van der Waals surface area contributed by atoms with Gasteiger partial charge in [-0.15, -0.1) is 0 Å². The highest BCUT2D eigenvalue weighted by molar-refractivity contribution is 5.80. The van der Waals surface area contributed by atoms with Gasteiger partial charge in [0.05, 0.1) is 6.04 Å². The summed E-state index contributed by atoms with van der Waals surface area (Å²) in [5, 5.41) is 0. The van der Waals surface area contributed by atoms with Crippen LogP contribution in [0.4, 0.5) is 0 Å². The van der Waals surface area contributed by atoms with Gasteiger partial charge in [0.25, 0.3) is 0 Å². The van der Waals surface area contributed by atoms with Crippen molar-refractivity contribution in [3.63, 3.8) is 0 Å². The fourth-order valence-corrected chi connectivity index (χ4v) is 5.93. The molecule has 2 heteroatoms. The summed E-state index contributed by atoms with van der Waals surface area (Å²) in [5.41, 5.74) is 0.409. The second-order valence-corrected chi connectivity index (χ2v) is 11.0. The molecule has 0 aromatic heterocycles. The molecule has 0 spiro atoms. The van der Waals surface area contributed by atoms with Crippen LogP contribution in [0.5, 0.6) is 0 Å². The van der Waals surface area contributed by atoms with Gasteiger partial charge in [0.2, 0.25) is 0 Å². The maximum Gasteiger partial charge on any atom is 0.187 e. The normalized spacial score (nSPS) is 38.5. The van der Waals surface area contributed by atoms with Gasteiger partial charge in [-0.3, -0.25) is 0 Å². The molecule has 3 saturated carbocycles. The zero-order valence-corrected chi connectivity index (χ0v) is 18.0. The average Bonchev–Trinajstić information content (AvgIpc) is 3.10. The van der Waals surface area contributed by atoms with Crippen LogP contribution in [0.1, 0.15) is 97.8 Å². The van der Waals surface area contributed by atoms with E-state index >= 15 is 0 Å². The van der Waals surface area contributed by atoms with Crippen molar-refractivity contribution in [2.45, 2.75) is 110 Å². The Morgan fingerprint density at radius 1 is 0.815 bits per heavy atom. The predicted octanol–water partition coefficient (Wildman–Crippen LogP) is 6.94. The largest absolute Gasteiger partial charge is 0.475 e. The molecule has 2 nitrogen and oxygen atoms in total. The Kier molecular flexibility index (Phi) is 6.00. The maximum atomic E-state index is 6.39. The van der Waals surface area contributed by atoms with Crippen LogP contribution in [0.3, 0.4) is 0 Å². The summed E-state index contributed by atoms with van der Waals surface area (Å²) >= 11 is 0. The van der Waals surface area contributed by atoms with E-state index in [0.717, 1.165) is 23.7 Å². The Hall–Kier alpha value is -0.790. The third kappa shape index (κ3) is 4.80. The Labute approximate surface area is 167 Å². The molecular weight excluding hydrogens is 330 g/mol. The van der Waals surface area contributed by atoms with Crippen LogP contribution in [0.2, 0.25) is 0 Å².